The van der Waals surface area contributed by atoms with Crippen molar-refractivity contribution in [3.8, 4) is 0 Å². The smallest absolute Gasteiger partial charge is 0.207 e. The van der Waals surface area contributed by atoms with Crippen molar-refractivity contribution in [1.82, 2.24) is 0 Å². The number of benzene rings is 5. The molecule has 0 radical (unpaired) electrons. The Morgan fingerprint density at radius 2 is 0.736 bits per heavy atom. The molecule has 0 N–H and O–H groups in total. The van der Waals surface area contributed by atoms with Crippen LogP contribution in [0.25, 0.3) is 0 Å². The number of halogens is 10. The molecule has 1 fully saturated rings. The van der Waals surface area contributed by atoms with E-state index in [-0.39, 0.29) is 19.0 Å². The van der Waals surface area contributed by atoms with Crippen LogP contribution < -0.4 is 21.5 Å². The third-order valence-corrected chi connectivity index (χ3v) is 16.9. The van der Waals surface area contributed by atoms with Crippen LogP contribution in [-0.4, -0.2) is 12.0 Å². The summed E-state index contributed by atoms with van der Waals surface area (Å²) < 4.78 is 156. The van der Waals surface area contributed by atoms with Gasteiger partial charge in [0.15, 0.2) is 34.9 Å². The van der Waals surface area contributed by atoms with Gasteiger partial charge in [0.2, 0.25) is 5.87 Å². The van der Waals surface area contributed by atoms with Crippen LogP contribution in [0.1, 0.15) is 51.8 Å². The molecule has 0 atom stereocenters. The first-order valence-corrected chi connectivity index (χ1v) is 19.2. The van der Waals surface area contributed by atoms with Gasteiger partial charge in [-0.05, 0) is 77.1 Å². The normalized spacial score (nSPS) is 14.9. The summed E-state index contributed by atoms with van der Waals surface area (Å²) in [6, 6.07) is 17.1. The Balaban J connectivity index is 0.000000693. The van der Waals surface area contributed by atoms with Crippen LogP contribution in [0.15, 0.2) is 54.6 Å². The molecular weight excluding hydrogens is 724 g/mol. The molecule has 1 aliphatic heterocycles. The Labute approximate surface area is 303 Å². The summed E-state index contributed by atoms with van der Waals surface area (Å²) in [4.78, 5) is 0. The van der Waals surface area contributed by atoms with Gasteiger partial charge in [-0.25, -0.2) is 43.9 Å². The van der Waals surface area contributed by atoms with Crippen molar-refractivity contribution in [2.45, 2.75) is 67.6 Å². The molecule has 12 heteroatoms. The number of hydrogen-bond acceptors (Lipinski definition) is 0. The van der Waals surface area contributed by atoms with Gasteiger partial charge in [0, 0.05) is 6.16 Å². The van der Waals surface area contributed by atoms with Crippen molar-refractivity contribution >= 4 is 34.5 Å². The highest BCUT2D eigenvalue weighted by molar-refractivity contribution is 8.21. The van der Waals surface area contributed by atoms with Crippen LogP contribution in [0, 0.1) is 107 Å². The van der Waals surface area contributed by atoms with Gasteiger partial charge in [-0.1, -0.05) is 95.8 Å². The summed E-state index contributed by atoms with van der Waals surface area (Å²) in [6.07, 6.45) is -0.471. The molecule has 1 aliphatic rings. The molecule has 0 unspecified atom stereocenters. The SMILES string of the molecule is Cc1cc(C)c([P+]2(c3c(C)cc(C)cc3C)CCCC[B-]2(c2c(F)c(F)c(F)c(F)c2F)c2c(F)c(F)c(F)c(F)c2F)c(C)c1.Cc1ccccc1. The average Bonchev–Trinajstić information content (AvgIpc) is 3.09. The monoisotopic (exact) mass is 762 g/mol. The summed E-state index contributed by atoms with van der Waals surface area (Å²) >= 11 is 0. The maximum Gasteiger partial charge on any atom is 0.243 e. The van der Waals surface area contributed by atoms with Crippen molar-refractivity contribution in [2.24, 2.45) is 0 Å². The number of rotatable bonds is 4. The minimum absolute atomic E-state index is 0.0609. The summed E-state index contributed by atoms with van der Waals surface area (Å²) in [7, 11) is -4.00. The topological polar surface area (TPSA) is 0 Å². The Morgan fingerprint density at radius 3 is 1.04 bits per heavy atom. The third kappa shape index (κ3) is 6.37. The molecular formula is C41H38BF10P. The molecule has 1 saturated heterocycles. The fraction of sp³-hybridized carbons (Fsp3) is 0.268. The minimum Gasteiger partial charge on any atom is -0.207 e. The van der Waals surface area contributed by atoms with Crippen LogP contribution in [-0.2, 0) is 0 Å². The Hall–Kier alpha value is -4.11. The highest BCUT2D eigenvalue weighted by atomic mass is 31.2. The number of aryl methyl sites for hydroxylation is 7. The summed E-state index contributed by atoms with van der Waals surface area (Å²) in [6.45, 7) is 12.2. The maximum absolute atomic E-state index is 16.4. The maximum atomic E-state index is 16.4. The first kappa shape index (κ1) is 40.1. The molecule has 0 bridgehead atoms. The predicted molar refractivity (Wildman–Crippen MR) is 195 cm³/mol. The van der Waals surface area contributed by atoms with E-state index in [0.29, 0.717) is 32.9 Å². The molecule has 5 aromatic rings. The van der Waals surface area contributed by atoms with E-state index in [1.54, 1.807) is 65.8 Å². The molecule has 6 rings (SSSR count). The van der Waals surface area contributed by atoms with Crippen LogP contribution in [0.4, 0.5) is 43.9 Å². The third-order valence-electron chi connectivity index (χ3n) is 10.6. The second-order valence-corrected chi connectivity index (χ2v) is 18.2. The first-order chi connectivity index (χ1) is 24.8. The Bertz CT molecular complexity index is 2000. The molecule has 0 nitrogen and oxygen atoms in total. The lowest BCUT2D eigenvalue weighted by Gasteiger charge is -2.56. The molecule has 0 amide bonds. The zero-order valence-electron chi connectivity index (χ0n) is 30.3. The van der Waals surface area contributed by atoms with Crippen molar-refractivity contribution < 1.29 is 43.9 Å². The highest BCUT2D eigenvalue weighted by Gasteiger charge is 2.65. The van der Waals surface area contributed by atoms with Crippen molar-refractivity contribution in [3.63, 3.8) is 0 Å². The fourth-order valence-corrected chi connectivity index (χ4v) is 16.6. The van der Waals surface area contributed by atoms with Crippen LogP contribution in [0.5, 0.6) is 0 Å². The first-order valence-electron chi connectivity index (χ1n) is 17.1. The van der Waals surface area contributed by atoms with Crippen molar-refractivity contribution in [3.05, 3.63) is 152 Å². The fourth-order valence-electron chi connectivity index (χ4n) is 9.11. The zero-order valence-corrected chi connectivity index (χ0v) is 31.2. The quantitative estimate of drug-likeness (QED) is 0.0563. The molecule has 5 aromatic carbocycles. The Morgan fingerprint density at radius 1 is 0.415 bits per heavy atom. The lowest BCUT2D eigenvalue weighted by molar-refractivity contribution is 0.381. The lowest BCUT2D eigenvalue weighted by Crippen LogP contribution is -2.70. The molecule has 0 aromatic heterocycles. The summed E-state index contributed by atoms with van der Waals surface area (Å²) in [5, 5.41) is 0.724. The van der Waals surface area contributed by atoms with Gasteiger partial charge in [0.25, 0.3) is 0 Å². The van der Waals surface area contributed by atoms with Crippen LogP contribution >= 0.6 is 7.14 Å². The molecule has 53 heavy (non-hydrogen) atoms. The van der Waals surface area contributed by atoms with Crippen molar-refractivity contribution in [2.75, 3.05) is 6.16 Å². The van der Waals surface area contributed by atoms with E-state index in [9.17, 15) is 8.78 Å². The lowest BCUT2D eigenvalue weighted by atomic mass is 9.34. The predicted octanol–water partition coefficient (Wildman–Crippen LogP) is 10.4. The molecule has 0 spiro atoms. The molecule has 0 aliphatic carbocycles. The Kier molecular flexibility index (Phi) is 11.3. The largest absolute Gasteiger partial charge is 0.243 e. The van der Waals surface area contributed by atoms with E-state index in [4.69, 9.17) is 0 Å². The summed E-state index contributed by atoms with van der Waals surface area (Å²) in [5.41, 5.74) is 1.68. The number of hydrogen-bond donors (Lipinski definition) is 0. The molecule has 0 saturated carbocycles. The van der Waals surface area contributed by atoms with E-state index >= 15 is 35.1 Å². The van der Waals surface area contributed by atoms with E-state index in [2.05, 4.69) is 19.1 Å². The van der Waals surface area contributed by atoms with E-state index in [1.807, 2.05) is 18.2 Å². The zero-order chi connectivity index (χ0) is 39.3. The van der Waals surface area contributed by atoms with Gasteiger partial charge in [-0.15, -0.1) is 6.32 Å². The highest BCUT2D eigenvalue weighted by Crippen LogP contribution is 2.70. The van der Waals surface area contributed by atoms with Crippen LogP contribution in [0.2, 0.25) is 6.32 Å². The summed E-state index contributed by atoms with van der Waals surface area (Å²) in [5.74, 6) is -28.0. The second kappa shape index (κ2) is 15.0. The van der Waals surface area contributed by atoms with Gasteiger partial charge < -0.3 is 0 Å². The van der Waals surface area contributed by atoms with Gasteiger partial charge in [0.1, 0.15) is 23.3 Å². The van der Waals surface area contributed by atoms with Crippen molar-refractivity contribution in [1.29, 1.82) is 0 Å². The molecule has 280 valence electrons. The van der Waals surface area contributed by atoms with Gasteiger partial charge in [-0.3, -0.25) is 0 Å². The minimum atomic E-state index is -4.04. The van der Waals surface area contributed by atoms with Gasteiger partial charge in [0.05, 0.1) is 10.6 Å². The van der Waals surface area contributed by atoms with Gasteiger partial charge in [-0.2, -0.15) is 0 Å². The van der Waals surface area contributed by atoms with E-state index in [0.717, 1.165) is 11.1 Å². The van der Waals surface area contributed by atoms with E-state index < -0.39 is 88.4 Å². The standard InChI is InChI=1S/C34H30BF10P.C7H8/c1-15-11-17(3)33(18(4)12-15)46(34-19(5)13-16(2)14-20(34)6)10-8-7-9-35(46,21-23(36)27(40)31(44)28(41)24(21)37)22-25(38)29(42)32(45)30(43)26(22)39;1-7-5-3-2-4-6-7/h11-14H,7-10H2,1-6H3;2-6H,1H3. The van der Waals surface area contributed by atoms with Gasteiger partial charge >= 0.3 is 0 Å². The second-order valence-electron chi connectivity index (χ2n) is 14.2. The van der Waals surface area contributed by atoms with Crippen LogP contribution in [0.3, 0.4) is 0 Å². The van der Waals surface area contributed by atoms with E-state index in [1.165, 1.54) is 5.56 Å². The average molecular weight is 763 g/mol. The molecule has 1 heterocycles.